The molecule has 0 aliphatic rings. The third kappa shape index (κ3) is 5.46. The van der Waals surface area contributed by atoms with Gasteiger partial charge in [-0.25, -0.2) is 28.7 Å². The summed E-state index contributed by atoms with van der Waals surface area (Å²) in [7, 11) is 1.48. The lowest BCUT2D eigenvalue weighted by Gasteiger charge is -2.19. The molecule has 0 aliphatic heterocycles. The first kappa shape index (κ1) is 25.8. The fourth-order valence-electron chi connectivity index (χ4n) is 3.40. The quantitative estimate of drug-likeness (QED) is 0.337. The molecule has 0 aliphatic carbocycles. The number of nitrogens with zero attached hydrogens (tertiary/aromatic N) is 6. The van der Waals surface area contributed by atoms with E-state index in [1.54, 1.807) is 41.0 Å². The Morgan fingerprint density at radius 1 is 1.17 bits per heavy atom. The molecule has 4 rings (SSSR count). The average molecular weight is 497 g/mol. The van der Waals surface area contributed by atoms with Crippen LogP contribution in [0.3, 0.4) is 0 Å². The van der Waals surface area contributed by atoms with E-state index in [9.17, 15) is 9.18 Å². The fourth-order valence-corrected chi connectivity index (χ4v) is 3.40. The predicted molar refractivity (Wildman–Crippen MR) is 131 cm³/mol. The van der Waals surface area contributed by atoms with Crippen molar-refractivity contribution in [1.29, 1.82) is 0 Å². The number of benzene rings is 1. The van der Waals surface area contributed by atoms with E-state index in [4.69, 9.17) is 26.1 Å². The van der Waals surface area contributed by atoms with E-state index in [1.165, 1.54) is 18.0 Å². The summed E-state index contributed by atoms with van der Waals surface area (Å²) in [5, 5.41) is 11.2. The molecule has 0 atom stereocenters. The largest absolute Gasteiger partial charge is 0.483 e. The lowest BCUT2D eigenvalue weighted by molar-refractivity contribution is -0.122. The number of fused-ring (bicyclic) bond motifs is 1. The van der Waals surface area contributed by atoms with Crippen molar-refractivity contribution in [2.24, 2.45) is 0 Å². The van der Waals surface area contributed by atoms with Gasteiger partial charge in [0.15, 0.2) is 17.5 Å². The van der Waals surface area contributed by atoms with Crippen LogP contribution < -0.4 is 16.4 Å². The van der Waals surface area contributed by atoms with E-state index in [1.807, 2.05) is 6.92 Å². The van der Waals surface area contributed by atoms with Crippen LogP contribution in [-0.2, 0) is 16.0 Å². The molecule has 0 fully saturated rings. The monoisotopic (exact) mass is 496 g/mol. The molecule has 0 radical (unpaired) electrons. The smallest absolute Gasteiger partial charge is 0.414 e. The first-order valence-corrected chi connectivity index (χ1v) is 10.8. The van der Waals surface area contributed by atoms with Gasteiger partial charge in [0.1, 0.15) is 23.0 Å². The summed E-state index contributed by atoms with van der Waals surface area (Å²) >= 11 is 0. The molecule has 12 nitrogen and oxygen atoms in total. The highest BCUT2D eigenvalue weighted by Gasteiger charge is 2.23. The number of hydrogen-bond acceptors (Lipinski definition) is 9. The summed E-state index contributed by atoms with van der Waals surface area (Å²) in [6.45, 7) is 1.90. The van der Waals surface area contributed by atoms with Crippen molar-refractivity contribution in [3.05, 3.63) is 59.8 Å². The van der Waals surface area contributed by atoms with Crippen LogP contribution in [0.1, 0.15) is 24.7 Å². The topological polar surface area (TPSA) is 175 Å². The zero-order chi connectivity index (χ0) is 26.2. The molecular weight excluding hydrogens is 471 g/mol. The summed E-state index contributed by atoms with van der Waals surface area (Å²) in [5.41, 5.74) is 13.9. The number of hydrogen-bond donors (Lipinski definition) is 3. The summed E-state index contributed by atoms with van der Waals surface area (Å²) in [6.07, 6.45) is 1.87. The van der Waals surface area contributed by atoms with Gasteiger partial charge >= 0.3 is 6.09 Å². The van der Waals surface area contributed by atoms with Crippen LogP contribution in [-0.4, -0.2) is 55.9 Å². The Bertz CT molecular complexity index is 1350. The van der Waals surface area contributed by atoms with E-state index < -0.39 is 6.09 Å². The van der Waals surface area contributed by atoms with Crippen molar-refractivity contribution < 1.29 is 23.8 Å². The lowest BCUT2D eigenvalue weighted by atomic mass is 10.1. The molecule has 0 spiro atoms. The Hall–Kier alpha value is -4.81. The standard InChI is InChI=1S/C22H23FN8O2.CH2O2/c1-3-11-33-22(32)30(2)18-19(24)28-21(29-20(18)25)17-15-9-6-10-26-31(15)16(27-17)12-13-7-4-5-8-14(13)23;2-1-3/h4-10H,3,11-12H2,1-2H3,(H4,24,25,28,29);1H,(H,2,3). The van der Waals surface area contributed by atoms with Crippen molar-refractivity contribution in [3.8, 4) is 11.5 Å². The van der Waals surface area contributed by atoms with Gasteiger partial charge in [-0.2, -0.15) is 5.10 Å². The molecule has 0 unspecified atom stereocenters. The van der Waals surface area contributed by atoms with E-state index in [0.29, 0.717) is 29.0 Å². The van der Waals surface area contributed by atoms with Crippen LogP contribution >= 0.6 is 0 Å². The molecule has 5 N–H and O–H groups in total. The highest BCUT2D eigenvalue weighted by atomic mass is 19.1. The van der Waals surface area contributed by atoms with Crippen molar-refractivity contribution in [1.82, 2.24) is 24.6 Å². The molecule has 0 bridgehead atoms. The zero-order valence-electron chi connectivity index (χ0n) is 19.6. The number of ether oxygens (including phenoxy) is 1. The zero-order valence-corrected chi connectivity index (χ0v) is 19.6. The number of imidazole rings is 1. The predicted octanol–water partition coefficient (Wildman–Crippen LogP) is 2.76. The van der Waals surface area contributed by atoms with Gasteiger partial charge < -0.3 is 21.3 Å². The van der Waals surface area contributed by atoms with Crippen LogP contribution in [0, 0.1) is 5.82 Å². The third-order valence-corrected chi connectivity index (χ3v) is 4.97. The van der Waals surface area contributed by atoms with Gasteiger partial charge in [-0.3, -0.25) is 9.69 Å². The average Bonchev–Trinajstić information content (AvgIpc) is 3.22. The normalized spacial score (nSPS) is 10.4. The minimum atomic E-state index is -0.615. The van der Waals surface area contributed by atoms with Crippen molar-refractivity contribution in [2.75, 3.05) is 30.0 Å². The van der Waals surface area contributed by atoms with Gasteiger partial charge in [0, 0.05) is 19.7 Å². The van der Waals surface area contributed by atoms with E-state index in [0.717, 1.165) is 0 Å². The van der Waals surface area contributed by atoms with Crippen molar-refractivity contribution in [3.63, 3.8) is 0 Å². The number of rotatable bonds is 6. The summed E-state index contributed by atoms with van der Waals surface area (Å²) < 4.78 is 20.9. The number of carbonyl (C=O) groups is 2. The molecule has 36 heavy (non-hydrogen) atoms. The van der Waals surface area contributed by atoms with Crippen molar-refractivity contribution in [2.45, 2.75) is 19.8 Å². The molecule has 3 aromatic heterocycles. The number of nitrogens with two attached hydrogens (primary N) is 2. The van der Waals surface area contributed by atoms with Crippen LogP contribution in [0.5, 0.6) is 0 Å². The minimum Gasteiger partial charge on any atom is -0.483 e. The number of nitrogen functional groups attached to an aromatic ring is 2. The number of amides is 1. The molecule has 1 amide bonds. The van der Waals surface area contributed by atoms with Crippen LogP contribution in [0.25, 0.3) is 17.0 Å². The summed E-state index contributed by atoms with van der Waals surface area (Å²) in [6, 6.07) is 10.00. The maximum Gasteiger partial charge on any atom is 0.414 e. The molecule has 188 valence electrons. The minimum absolute atomic E-state index is 0.00542. The first-order valence-electron chi connectivity index (χ1n) is 10.8. The summed E-state index contributed by atoms with van der Waals surface area (Å²) in [5.74, 6) is 0.312. The van der Waals surface area contributed by atoms with Gasteiger partial charge in [-0.1, -0.05) is 25.1 Å². The van der Waals surface area contributed by atoms with Gasteiger partial charge in [0.05, 0.1) is 12.1 Å². The number of halogens is 1. The van der Waals surface area contributed by atoms with Crippen LogP contribution in [0.4, 0.5) is 26.5 Å². The molecule has 0 saturated carbocycles. The molecule has 13 heteroatoms. The third-order valence-electron chi connectivity index (χ3n) is 4.97. The molecule has 3 heterocycles. The molecule has 0 saturated heterocycles. The van der Waals surface area contributed by atoms with E-state index in [-0.39, 0.29) is 48.5 Å². The Morgan fingerprint density at radius 3 is 2.47 bits per heavy atom. The Morgan fingerprint density at radius 2 is 1.83 bits per heavy atom. The molecule has 1 aromatic carbocycles. The van der Waals surface area contributed by atoms with E-state index in [2.05, 4.69) is 20.1 Å². The Labute approximate surface area is 205 Å². The Balaban J connectivity index is 0.00000115. The van der Waals surface area contributed by atoms with E-state index >= 15 is 0 Å². The number of carbonyl (C=O) groups excluding carboxylic acids is 1. The second-order valence-corrected chi connectivity index (χ2v) is 7.41. The maximum absolute atomic E-state index is 14.2. The SMILES string of the molecule is CCCOC(=O)N(C)c1c(N)nc(-c2nc(Cc3ccccc3F)n3ncccc23)nc1N.O=CO. The first-order chi connectivity index (χ1) is 17.3. The van der Waals surface area contributed by atoms with Gasteiger partial charge in [-0.05, 0) is 30.2 Å². The fraction of sp³-hybridized carbons (Fsp3) is 0.217. The van der Waals surface area contributed by atoms with Crippen LogP contribution in [0.2, 0.25) is 0 Å². The Kier molecular flexibility index (Phi) is 8.28. The lowest BCUT2D eigenvalue weighted by Crippen LogP contribution is -2.29. The number of carboxylic acid groups (broad SMARTS) is 1. The van der Waals surface area contributed by atoms with Crippen molar-refractivity contribution >= 4 is 35.4 Å². The second kappa shape index (κ2) is 11.6. The molecule has 4 aromatic rings. The van der Waals surface area contributed by atoms with Gasteiger partial charge in [0.25, 0.3) is 6.47 Å². The maximum atomic E-state index is 14.2. The highest BCUT2D eigenvalue weighted by molar-refractivity contribution is 5.95. The van der Waals surface area contributed by atoms with Crippen LogP contribution in [0.15, 0.2) is 42.6 Å². The highest BCUT2D eigenvalue weighted by Crippen LogP contribution is 2.31. The molecular formula is C23H25FN8O4. The number of anilines is 3. The second-order valence-electron chi connectivity index (χ2n) is 7.41. The van der Waals surface area contributed by atoms with Gasteiger partial charge in [-0.15, -0.1) is 0 Å². The van der Waals surface area contributed by atoms with Gasteiger partial charge in [0.2, 0.25) is 0 Å². The number of aromatic nitrogens is 5. The summed E-state index contributed by atoms with van der Waals surface area (Å²) in [4.78, 5) is 35.0.